The summed E-state index contributed by atoms with van der Waals surface area (Å²) in [5, 5.41) is 2.86. The van der Waals surface area contributed by atoms with E-state index in [-0.39, 0.29) is 6.03 Å². The van der Waals surface area contributed by atoms with Gasteiger partial charge in [-0.25, -0.2) is 4.79 Å². The number of nitrogens with zero attached hydrogens (tertiary/aromatic N) is 2. The maximum Gasteiger partial charge on any atom is 0.327 e. The number of nitrogens with one attached hydrogen (secondary N) is 1. The van der Waals surface area contributed by atoms with Crippen molar-refractivity contribution in [2.75, 3.05) is 46.6 Å². The monoisotopic (exact) mass is 297 g/mol. The lowest BCUT2D eigenvalue weighted by Crippen LogP contribution is -2.37. The lowest BCUT2D eigenvalue weighted by Gasteiger charge is -2.17. The number of carbonyl (C=O) groups is 1. The summed E-state index contributed by atoms with van der Waals surface area (Å²) < 4.78 is 7.16. The molecule has 0 spiro atoms. The summed E-state index contributed by atoms with van der Waals surface area (Å²) in [7, 11) is 5.72. The van der Waals surface area contributed by atoms with Crippen LogP contribution < -0.4 is 10.1 Å². The third kappa shape index (κ3) is 7.25. The molecule has 20 heavy (non-hydrogen) atoms. The van der Waals surface area contributed by atoms with Crippen molar-refractivity contribution in [3.8, 4) is 5.75 Å². The fourth-order valence-electron chi connectivity index (χ4n) is 1.41. The fraction of sp³-hybridized carbons (Fsp3) is 0.500. The molecule has 6 heteroatoms. The first-order valence-electron chi connectivity index (χ1n) is 6.56. The van der Waals surface area contributed by atoms with Crippen molar-refractivity contribution in [3.05, 3.63) is 30.3 Å². The standard InChI is InChI=1S/C14H23N3O2S/c1-16(2)10-9-15-14(18)17(3)20-12-11-19-13-7-5-4-6-8-13/h4-8H,9-12H2,1-3H3,(H,15,18). The molecule has 2 amide bonds. The van der Waals surface area contributed by atoms with Crippen molar-refractivity contribution in [1.29, 1.82) is 0 Å². The van der Waals surface area contributed by atoms with E-state index in [1.807, 2.05) is 49.3 Å². The van der Waals surface area contributed by atoms with Gasteiger partial charge in [0.2, 0.25) is 0 Å². The van der Waals surface area contributed by atoms with Gasteiger partial charge in [0.05, 0.1) is 6.61 Å². The number of benzene rings is 1. The predicted molar refractivity (Wildman–Crippen MR) is 84.1 cm³/mol. The number of urea groups is 1. The molecule has 0 bridgehead atoms. The van der Waals surface area contributed by atoms with E-state index in [2.05, 4.69) is 5.32 Å². The second kappa shape index (κ2) is 9.50. The van der Waals surface area contributed by atoms with Crippen molar-refractivity contribution >= 4 is 18.0 Å². The van der Waals surface area contributed by atoms with Crippen LogP contribution in [0.15, 0.2) is 30.3 Å². The molecule has 0 fully saturated rings. The zero-order valence-electron chi connectivity index (χ0n) is 12.3. The van der Waals surface area contributed by atoms with Crippen LogP contribution in [-0.4, -0.2) is 61.8 Å². The van der Waals surface area contributed by atoms with E-state index in [0.29, 0.717) is 13.2 Å². The van der Waals surface area contributed by atoms with Crippen LogP contribution in [0, 0.1) is 0 Å². The van der Waals surface area contributed by atoms with Crippen LogP contribution in [-0.2, 0) is 0 Å². The lowest BCUT2D eigenvalue weighted by molar-refractivity contribution is 0.229. The molecule has 1 aromatic rings. The molecule has 5 nitrogen and oxygen atoms in total. The normalized spacial score (nSPS) is 10.4. The Labute approximate surface area is 125 Å². The van der Waals surface area contributed by atoms with Crippen LogP contribution in [0.3, 0.4) is 0 Å². The number of hydrogen-bond acceptors (Lipinski definition) is 4. The quantitative estimate of drug-likeness (QED) is 0.588. The Balaban J connectivity index is 2.10. The first-order chi connectivity index (χ1) is 9.59. The summed E-state index contributed by atoms with van der Waals surface area (Å²) in [5.74, 6) is 1.58. The molecule has 112 valence electrons. The minimum atomic E-state index is -0.0726. The molecule has 0 aromatic heterocycles. The van der Waals surface area contributed by atoms with Gasteiger partial charge < -0.3 is 15.0 Å². The van der Waals surface area contributed by atoms with Gasteiger partial charge in [0.1, 0.15) is 5.75 Å². The van der Waals surface area contributed by atoms with E-state index >= 15 is 0 Å². The van der Waals surface area contributed by atoms with Gasteiger partial charge >= 0.3 is 6.03 Å². The van der Waals surface area contributed by atoms with E-state index < -0.39 is 0 Å². The average Bonchev–Trinajstić information content (AvgIpc) is 2.44. The van der Waals surface area contributed by atoms with E-state index in [1.54, 1.807) is 11.4 Å². The van der Waals surface area contributed by atoms with Crippen molar-refractivity contribution in [1.82, 2.24) is 14.5 Å². The highest BCUT2D eigenvalue weighted by molar-refractivity contribution is 7.97. The van der Waals surface area contributed by atoms with Gasteiger partial charge in [0.15, 0.2) is 0 Å². The van der Waals surface area contributed by atoms with Crippen LogP contribution in [0.5, 0.6) is 5.75 Å². The Morgan fingerprint density at radius 3 is 2.60 bits per heavy atom. The SMILES string of the molecule is CN(C)CCNC(=O)N(C)SCCOc1ccccc1. The summed E-state index contributed by atoms with van der Waals surface area (Å²) in [6.07, 6.45) is 0. The average molecular weight is 297 g/mol. The maximum atomic E-state index is 11.7. The summed E-state index contributed by atoms with van der Waals surface area (Å²) in [6.45, 7) is 2.06. The summed E-state index contributed by atoms with van der Waals surface area (Å²) in [4.78, 5) is 13.8. The van der Waals surface area contributed by atoms with Crippen molar-refractivity contribution in [3.63, 3.8) is 0 Å². The van der Waals surface area contributed by atoms with Gasteiger partial charge in [-0.2, -0.15) is 0 Å². The molecule has 0 unspecified atom stereocenters. The Bertz CT molecular complexity index is 387. The highest BCUT2D eigenvalue weighted by atomic mass is 32.2. The number of para-hydroxylation sites is 1. The van der Waals surface area contributed by atoms with E-state index in [1.165, 1.54) is 11.9 Å². The van der Waals surface area contributed by atoms with Crippen molar-refractivity contribution in [2.45, 2.75) is 0 Å². The third-order valence-corrected chi connectivity index (χ3v) is 3.40. The Hall–Kier alpha value is -1.40. The molecule has 0 aliphatic heterocycles. The topological polar surface area (TPSA) is 44.8 Å². The van der Waals surface area contributed by atoms with Gasteiger partial charge in [-0.05, 0) is 38.2 Å². The smallest absolute Gasteiger partial charge is 0.327 e. The molecular weight excluding hydrogens is 274 g/mol. The van der Waals surface area contributed by atoms with Crippen LogP contribution in [0.1, 0.15) is 0 Å². The highest BCUT2D eigenvalue weighted by Crippen LogP contribution is 2.11. The van der Waals surface area contributed by atoms with E-state index in [4.69, 9.17) is 4.74 Å². The van der Waals surface area contributed by atoms with Gasteiger partial charge in [-0.3, -0.25) is 4.31 Å². The fourth-order valence-corrected chi connectivity index (χ4v) is 2.02. The summed E-state index contributed by atoms with van der Waals surface area (Å²) in [6, 6.07) is 9.59. The zero-order valence-corrected chi connectivity index (χ0v) is 13.2. The Morgan fingerprint density at radius 1 is 1.25 bits per heavy atom. The molecule has 1 N–H and O–H groups in total. The largest absolute Gasteiger partial charge is 0.493 e. The molecule has 0 radical (unpaired) electrons. The minimum Gasteiger partial charge on any atom is -0.493 e. The third-order valence-electron chi connectivity index (χ3n) is 2.50. The minimum absolute atomic E-state index is 0.0726. The number of hydrogen-bond donors (Lipinski definition) is 1. The second-order valence-electron chi connectivity index (χ2n) is 4.53. The molecular formula is C14H23N3O2S. The van der Waals surface area contributed by atoms with Crippen LogP contribution in [0.25, 0.3) is 0 Å². The Morgan fingerprint density at radius 2 is 1.95 bits per heavy atom. The second-order valence-corrected chi connectivity index (χ2v) is 5.74. The van der Waals surface area contributed by atoms with Crippen molar-refractivity contribution < 1.29 is 9.53 Å². The number of amides is 2. The molecule has 0 saturated carbocycles. The maximum absolute atomic E-state index is 11.7. The van der Waals surface area contributed by atoms with Crippen LogP contribution >= 0.6 is 11.9 Å². The number of ether oxygens (including phenoxy) is 1. The molecule has 0 atom stereocenters. The highest BCUT2D eigenvalue weighted by Gasteiger charge is 2.08. The van der Waals surface area contributed by atoms with Crippen molar-refractivity contribution in [2.24, 2.45) is 0 Å². The first-order valence-corrected chi connectivity index (χ1v) is 7.51. The van der Waals surface area contributed by atoms with E-state index in [0.717, 1.165) is 18.0 Å². The number of likely N-dealkylation sites (N-methyl/N-ethyl adjacent to an activating group) is 1. The summed E-state index contributed by atoms with van der Waals surface area (Å²) in [5.41, 5.74) is 0. The molecule has 0 aliphatic rings. The van der Waals surface area contributed by atoms with Gasteiger partial charge in [0.25, 0.3) is 0 Å². The van der Waals surface area contributed by atoms with Crippen LogP contribution in [0.2, 0.25) is 0 Å². The van der Waals surface area contributed by atoms with E-state index in [9.17, 15) is 4.79 Å². The zero-order chi connectivity index (χ0) is 14.8. The number of rotatable bonds is 8. The van der Waals surface area contributed by atoms with Gasteiger partial charge in [-0.1, -0.05) is 18.2 Å². The predicted octanol–water partition coefficient (Wildman–Crippen LogP) is 1.92. The molecule has 0 saturated heterocycles. The summed E-state index contributed by atoms with van der Waals surface area (Å²) >= 11 is 1.45. The Kier molecular flexibility index (Phi) is 7.91. The van der Waals surface area contributed by atoms with Gasteiger partial charge in [0, 0.05) is 25.9 Å². The lowest BCUT2D eigenvalue weighted by atomic mass is 10.3. The number of carbonyl (C=O) groups excluding carboxylic acids is 1. The van der Waals surface area contributed by atoms with Gasteiger partial charge in [-0.15, -0.1) is 0 Å². The molecule has 0 heterocycles. The molecule has 1 rings (SSSR count). The van der Waals surface area contributed by atoms with Crippen LogP contribution in [0.4, 0.5) is 4.79 Å². The first kappa shape index (κ1) is 16.7. The molecule has 1 aromatic carbocycles. The molecule has 0 aliphatic carbocycles.